The summed E-state index contributed by atoms with van der Waals surface area (Å²) in [7, 11) is 0. The number of nitrogens with zero attached hydrogens (tertiary/aromatic N) is 3. The van der Waals surface area contributed by atoms with Gasteiger partial charge in [0.25, 0.3) is 0 Å². The molecule has 1 aromatic carbocycles. The van der Waals surface area contributed by atoms with Gasteiger partial charge in [-0.1, -0.05) is 11.8 Å². The first-order valence-electron chi connectivity index (χ1n) is 5.79. The number of anilines is 1. The molecule has 0 spiro atoms. The molecule has 1 atom stereocenters. The quantitative estimate of drug-likeness (QED) is 0.629. The Morgan fingerprint density at radius 1 is 1.30 bits per heavy atom. The van der Waals surface area contributed by atoms with E-state index in [4.69, 9.17) is 0 Å². The molecule has 1 saturated heterocycles. The molecule has 0 aliphatic carbocycles. The van der Waals surface area contributed by atoms with Gasteiger partial charge in [-0.3, -0.25) is 14.7 Å². The molecule has 6 nitrogen and oxygen atoms in total. The third-order valence-electron chi connectivity index (χ3n) is 2.84. The Balaban J connectivity index is 1.81. The fourth-order valence-corrected chi connectivity index (χ4v) is 3.22. The Bertz CT molecular complexity index is 644. The molecule has 2 aromatic rings. The number of carbonyl (C=O) groups excluding carboxylic acids is 2. The van der Waals surface area contributed by atoms with Crippen molar-refractivity contribution in [2.24, 2.45) is 0 Å². The third kappa shape index (κ3) is 2.57. The zero-order valence-electron chi connectivity index (χ0n) is 10.1. The highest BCUT2D eigenvalue weighted by Gasteiger charge is 2.40. The predicted molar refractivity (Wildman–Crippen MR) is 82.3 cm³/mol. The van der Waals surface area contributed by atoms with Crippen LogP contribution in [0.3, 0.4) is 0 Å². The number of halogens is 1. The van der Waals surface area contributed by atoms with E-state index in [0.717, 1.165) is 3.57 Å². The van der Waals surface area contributed by atoms with Crippen LogP contribution in [0.2, 0.25) is 0 Å². The van der Waals surface area contributed by atoms with Crippen LogP contribution in [0.1, 0.15) is 6.42 Å². The number of hydrogen-bond donors (Lipinski definition) is 1. The number of amides is 2. The van der Waals surface area contributed by atoms with Gasteiger partial charge in [0.15, 0.2) is 5.16 Å². The number of carbonyl (C=O) groups is 2. The first-order valence-corrected chi connectivity index (χ1v) is 7.75. The lowest BCUT2D eigenvalue weighted by Gasteiger charge is -2.14. The highest BCUT2D eigenvalue weighted by molar-refractivity contribution is 14.1. The lowest BCUT2D eigenvalue weighted by molar-refractivity contribution is -0.121. The van der Waals surface area contributed by atoms with Gasteiger partial charge in [-0.15, -0.1) is 0 Å². The van der Waals surface area contributed by atoms with E-state index in [-0.39, 0.29) is 18.2 Å². The van der Waals surface area contributed by atoms with Crippen molar-refractivity contribution in [1.82, 2.24) is 15.2 Å². The van der Waals surface area contributed by atoms with Crippen molar-refractivity contribution in [3.63, 3.8) is 0 Å². The van der Waals surface area contributed by atoms with Crippen LogP contribution in [-0.4, -0.2) is 32.2 Å². The van der Waals surface area contributed by atoms with Crippen LogP contribution < -0.4 is 4.90 Å². The maximum absolute atomic E-state index is 12.3. The zero-order chi connectivity index (χ0) is 14.1. The van der Waals surface area contributed by atoms with Gasteiger partial charge in [-0.05, 0) is 46.9 Å². The topological polar surface area (TPSA) is 79.0 Å². The number of aromatic amines is 1. The number of imide groups is 1. The molecule has 3 rings (SSSR count). The minimum atomic E-state index is -0.449. The molecule has 1 N–H and O–H groups in total. The normalized spacial score (nSPS) is 18.9. The van der Waals surface area contributed by atoms with E-state index >= 15 is 0 Å². The van der Waals surface area contributed by atoms with E-state index in [2.05, 4.69) is 37.8 Å². The number of H-pyrrole nitrogens is 1. The van der Waals surface area contributed by atoms with Crippen LogP contribution in [0.15, 0.2) is 35.7 Å². The molecule has 0 bridgehead atoms. The SMILES string of the molecule is O=C1CC(Sc2ncn[nH]2)C(=O)N1c1ccc(I)cc1. The van der Waals surface area contributed by atoms with Crippen molar-refractivity contribution in [3.8, 4) is 0 Å². The molecule has 1 unspecified atom stereocenters. The Morgan fingerprint density at radius 2 is 2.05 bits per heavy atom. The lowest BCUT2D eigenvalue weighted by Crippen LogP contribution is -2.31. The highest BCUT2D eigenvalue weighted by atomic mass is 127. The zero-order valence-corrected chi connectivity index (χ0v) is 13.1. The molecular formula is C12H9IN4O2S. The highest BCUT2D eigenvalue weighted by Crippen LogP contribution is 2.32. The van der Waals surface area contributed by atoms with Crippen LogP contribution in [0.4, 0.5) is 5.69 Å². The first kappa shape index (κ1) is 13.6. The second-order valence-electron chi connectivity index (χ2n) is 4.15. The van der Waals surface area contributed by atoms with Gasteiger partial charge in [0.2, 0.25) is 11.8 Å². The van der Waals surface area contributed by atoms with Crippen molar-refractivity contribution in [1.29, 1.82) is 0 Å². The summed E-state index contributed by atoms with van der Waals surface area (Å²) in [5.41, 5.74) is 0.612. The summed E-state index contributed by atoms with van der Waals surface area (Å²) in [6.07, 6.45) is 1.55. The molecule has 0 saturated carbocycles. The summed E-state index contributed by atoms with van der Waals surface area (Å²) in [6, 6.07) is 7.29. The van der Waals surface area contributed by atoms with Crippen LogP contribution in [0, 0.1) is 3.57 Å². The standard InChI is InChI=1S/C12H9IN4O2S/c13-7-1-3-8(4-2-7)17-10(18)5-9(11(17)19)20-12-14-6-15-16-12/h1-4,6,9H,5H2,(H,14,15,16). The molecule has 1 fully saturated rings. The Kier molecular flexibility index (Phi) is 3.74. The van der Waals surface area contributed by atoms with E-state index in [1.165, 1.54) is 23.0 Å². The number of thioether (sulfide) groups is 1. The van der Waals surface area contributed by atoms with Gasteiger partial charge in [0.1, 0.15) is 11.6 Å². The lowest BCUT2D eigenvalue weighted by atomic mass is 10.3. The summed E-state index contributed by atoms with van der Waals surface area (Å²) in [6.45, 7) is 0. The fourth-order valence-electron chi connectivity index (χ4n) is 1.94. The summed E-state index contributed by atoms with van der Waals surface area (Å²) in [4.78, 5) is 29.6. The van der Waals surface area contributed by atoms with Gasteiger partial charge in [0.05, 0.1) is 5.69 Å². The van der Waals surface area contributed by atoms with E-state index in [1.54, 1.807) is 12.1 Å². The molecule has 0 radical (unpaired) electrons. The second-order valence-corrected chi connectivity index (χ2v) is 6.58. The summed E-state index contributed by atoms with van der Waals surface area (Å²) < 4.78 is 1.05. The van der Waals surface area contributed by atoms with Gasteiger partial charge >= 0.3 is 0 Å². The first-order chi connectivity index (χ1) is 9.65. The molecule has 20 heavy (non-hydrogen) atoms. The van der Waals surface area contributed by atoms with E-state index in [0.29, 0.717) is 10.8 Å². The van der Waals surface area contributed by atoms with Crippen molar-refractivity contribution in [2.45, 2.75) is 16.8 Å². The number of nitrogens with one attached hydrogen (secondary N) is 1. The van der Waals surface area contributed by atoms with Crippen LogP contribution in [-0.2, 0) is 9.59 Å². The molecule has 8 heteroatoms. The van der Waals surface area contributed by atoms with Gasteiger partial charge in [-0.2, -0.15) is 5.10 Å². The molecule has 1 aromatic heterocycles. The average Bonchev–Trinajstić information content (AvgIpc) is 3.02. The summed E-state index contributed by atoms with van der Waals surface area (Å²) >= 11 is 3.41. The van der Waals surface area contributed by atoms with Gasteiger partial charge in [-0.25, -0.2) is 9.88 Å². The average molecular weight is 400 g/mol. The van der Waals surface area contributed by atoms with Gasteiger partial charge < -0.3 is 0 Å². The Labute approximate surface area is 132 Å². The maximum atomic E-state index is 12.3. The minimum absolute atomic E-state index is 0.177. The van der Waals surface area contributed by atoms with Crippen molar-refractivity contribution >= 4 is 51.9 Å². The van der Waals surface area contributed by atoms with Crippen molar-refractivity contribution in [2.75, 3.05) is 4.90 Å². The largest absolute Gasteiger partial charge is 0.274 e. The number of hydrogen-bond acceptors (Lipinski definition) is 5. The van der Waals surface area contributed by atoms with E-state index in [9.17, 15) is 9.59 Å². The van der Waals surface area contributed by atoms with Crippen LogP contribution in [0.5, 0.6) is 0 Å². The smallest absolute Gasteiger partial charge is 0.247 e. The molecular weight excluding hydrogens is 391 g/mol. The Morgan fingerprint density at radius 3 is 2.70 bits per heavy atom. The van der Waals surface area contributed by atoms with E-state index in [1.807, 2.05) is 12.1 Å². The number of benzene rings is 1. The predicted octanol–water partition coefficient (Wildman–Crippen LogP) is 1.83. The Hall–Kier alpha value is -1.42. The van der Waals surface area contributed by atoms with Crippen LogP contribution in [0.25, 0.3) is 0 Å². The molecule has 1 aliphatic rings. The summed E-state index contributed by atoms with van der Waals surface area (Å²) in [5, 5.41) is 6.50. The second kappa shape index (κ2) is 5.52. The minimum Gasteiger partial charge on any atom is -0.274 e. The van der Waals surface area contributed by atoms with Crippen molar-refractivity contribution < 1.29 is 9.59 Å². The van der Waals surface area contributed by atoms with Crippen molar-refractivity contribution in [3.05, 3.63) is 34.2 Å². The molecule has 2 heterocycles. The summed E-state index contributed by atoms with van der Waals surface area (Å²) in [5.74, 6) is -0.397. The number of rotatable bonds is 3. The molecule has 1 aliphatic heterocycles. The van der Waals surface area contributed by atoms with Gasteiger partial charge in [0, 0.05) is 9.99 Å². The van der Waals surface area contributed by atoms with E-state index < -0.39 is 5.25 Å². The molecule has 2 amide bonds. The molecule has 102 valence electrons. The monoisotopic (exact) mass is 400 g/mol. The third-order valence-corrected chi connectivity index (χ3v) is 4.63. The fraction of sp³-hybridized carbons (Fsp3) is 0.167. The maximum Gasteiger partial charge on any atom is 0.247 e. The number of aromatic nitrogens is 3. The van der Waals surface area contributed by atoms with Crippen LogP contribution >= 0.6 is 34.4 Å².